The normalized spacial score (nSPS) is 15.6. The molecule has 0 N–H and O–H groups in total. The number of piperazine rings is 1. The van der Waals surface area contributed by atoms with Crippen molar-refractivity contribution in [2.75, 3.05) is 26.2 Å². The fourth-order valence-corrected chi connectivity index (χ4v) is 2.49. The Morgan fingerprint density at radius 3 is 2.27 bits per heavy atom. The molecule has 1 aromatic heterocycles. The van der Waals surface area contributed by atoms with Gasteiger partial charge < -0.3 is 14.5 Å². The summed E-state index contributed by atoms with van der Waals surface area (Å²) in [6.07, 6.45) is 2.86. The molecule has 1 aliphatic heterocycles. The van der Waals surface area contributed by atoms with E-state index >= 15 is 0 Å². The second-order valence-corrected chi connectivity index (χ2v) is 7.07. The Morgan fingerprint density at radius 2 is 1.73 bits per heavy atom. The molecule has 1 aliphatic rings. The molecule has 0 atom stereocenters. The topological polar surface area (TPSA) is 62.7 Å². The minimum absolute atomic E-state index is 0.0716. The zero-order chi connectivity index (χ0) is 16.3. The molecule has 0 aliphatic carbocycles. The Labute approximate surface area is 138 Å². The summed E-state index contributed by atoms with van der Waals surface area (Å²) in [6.45, 7) is 7.44. The van der Waals surface area contributed by atoms with Crippen molar-refractivity contribution >= 4 is 27.9 Å². The molecule has 1 fully saturated rings. The average molecular weight is 370 g/mol. The molecule has 2 heterocycles. The first-order chi connectivity index (χ1) is 10.3. The van der Waals surface area contributed by atoms with Crippen molar-refractivity contribution in [2.24, 2.45) is 0 Å². The van der Waals surface area contributed by atoms with Crippen molar-refractivity contribution < 1.29 is 14.3 Å². The number of carbonyl (C=O) groups is 2. The fourth-order valence-electron chi connectivity index (χ4n) is 2.13. The lowest BCUT2D eigenvalue weighted by molar-refractivity contribution is 0.0141. The molecule has 1 aromatic rings. The van der Waals surface area contributed by atoms with E-state index in [0.717, 1.165) is 4.47 Å². The van der Waals surface area contributed by atoms with Crippen molar-refractivity contribution in [3.8, 4) is 0 Å². The van der Waals surface area contributed by atoms with Gasteiger partial charge in [0, 0.05) is 43.0 Å². The molecule has 1 saturated heterocycles. The maximum atomic E-state index is 12.4. The van der Waals surface area contributed by atoms with Gasteiger partial charge in [0.25, 0.3) is 5.91 Å². The smallest absolute Gasteiger partial charge is 0.410 e. The van der Waals surface area contributed by atoms with Crippen molar-refractivity contribution in [2.45, 2.75) is 26.4 Å². The number of halogens is 1. The highest BCUT2D eigenvalue weighted by molar-refractivity contribution is 9.10. The molecule has 2 rings (SSSR count). The van der Waals surface area contributed by atoms with E-state index < -0.39 is 5.60 Å². The fraction of sp³-hybridized carbons (Fsp3) is 0.533. The van der Waals surface area contributed by atoms with E-state index in [0.29, 0.717) is 31.7 Å². The van der Waals surface area contributed by atoms with Crippen LogP contribution >= 0.6 is 15.9 Å². The van der Waals surface area contributed by atoms with Crippen LogP contribution in [0, 0.1) is 0 Å². The summed E-state index contributed by atoms with van der Waals surface area (Å²) in [7, 11) is 0. The number of hydrogen-bond donors (Lipinski definition) is 0. The van der Waals surface area contributed by atoms with Gasteiger partial charge in [-0.3, -0.25) is 9.78 Å². The van der Waals surface area contributed by atoms with Crippen LogP contribution in [0.3, 0.4) is 0 Å². The van der Waals surface area contributed by atoms with E-state index in [1.807, 2.05) is 20.8 Å². The lowest BCUT2D eigenvalue weighted by Crippen LogP contribution is -2.51. The summed E-state index contributed by atoms with van der Waals surface area (Å²) in [5.74, 6) is -0.0716. The molecule has 0 unspecified atom stereocenters. The average Bonchev–Trinajstić information content (AvgIpc) is 2.45. The molecule has 0 aromatic carbocycles. The quantitative estimate of drug-likeness (QED) is 0.762. The third-order valence-electron chi connectivity index (χ3n) is 3.17. The van der Waals surface area contributed by atoms with Gasteiger partial charge in [-0.2, -0.15) is 0 Å². The van der Waals surface area contributed by atoms with Gasteiger partial charge in [0.05, 0.1) is 5.56 Å². The van der Waals surface area contributed by atoms with E-state index in [1.54, 1.807) is 28.3 Å². The molecule has 0 saturated carbocycles. The highest BCUT2D eigenvalue weighted by Crippen LogP contribution is 2.15. The molecule has 0 bridgehead atoms. The van der Waals surface area contributed by atoms with Gasteiger partial charge in [0.1, 0.15) is 5.60 Å². The monoisotopic (exact) mass is 369 g/mol. The predicted molar refractivity (Wildman–Crippen MR) is 85.6 cm³/mol. The minimum Gasteiger partial charge on any atom is -0.444 e. The van der Waals surface area contributed by atoms with E-state index in [-0.39, 0.29) is 12.0 Å². The van der Waals surface area contributed by atoms with Gasteiger partial charge in [-0.1, -0.05) is 0 Å². The Hall–Kier alpha value is -1.63. The maximum Gasteiger partial charge on any atom is 0.410 e. The zero-order valence-electron chi connectivity index (χ0n) is 13.0. The van der Waals surface area contributed by atoms with E-state index in [2.05, 4.69) is 20.9 Å². The van der Waals surface area contributed by atoms with Crippen molar-refractivity contribution in [1.82, 2.24) is 14.8 Å². The first-order valence-corrected chi connectivity index (χ1v) is 7.93. The number of amides is 2. The summed E-state index contributed by atoms with van der Waals surface area (Å²) in [5.41, 5.74) is 0.0338. The number of nitrogens with zero attached hydrogens (tertiary/aromatic N) is 3. The van der Waals surface area contributed by atoms with E-state index in [4.69, 9.17) is 4.74 Å². The minimum atomic E-state index is -0.508. The van der Waals surface area contributed by atoms with Crippen molar-refractivity contribution in [1.29, 1.82) is 0 Å². The molecule has 120 valence electrons. The first-order valence-electron chi connectivity index (χ1n) is 7.14. The van der Waals surface area contributed by atoms with Gasteiger partial charge in [-0.15, -0.1) is 0 Å². The SMILES string of the molecule is CC(C)(C)OC(=O)N1CCN(C(=O)c2cncc(Br)c2)CC1. The van der Waals surface area contributed by atoms with Crippen LogP contribution in [0.25, 0.3) is 0 Å². The van der Waals surface area contributed by atoms with Gasteiger partial charge in [0.2, 0.25) is 0 Å². The number of rotatable bonds is 1. The second kappa shape index (κ2) is 6.64. The Morgan fingerprint density at radius 1 is 1.14 bits per heavy atom. The van der Waals surface area contributed by atoms with Gasteiger partial charge in [0.15, 0.2) is 0 Å². The molecular formula is C15H20BrN3O3. The summed E-state index contributed by atoms with van der Waals surface area (Å²) >= 11 is 3.31. The van der Waals surface area contributed by atoms with E-state index in [1.165, 1.54) is 0 Å². The largest absolute Gasteiger partial charge is 0.444 e. The zero-order valence-corrected chi connectivity index (χ0v) is 14.6. The lowest BCUT2D eigenvalue weighted by atomic mass is 10.2. The third-order valence-corrected chi connectivity index (χ3v) is 3.60. The highest BCUT2D eigenvalue weighted by atomic mass is 79.9. The van der Waals surface area contributed by atoms with Crippen LogP contribution in [0.4, 0.5) is 4.79 Å². The van der Waals surface area contributed by atoms with Crippen LogP contribution in [0.15, 0.2) is 22.9 Å². The van der Waals surface area contributed by atoms with Crippen molar-refractivity contribution in [3.63, 3.8) is 0 Å². The second-order valence-electron chi connectivity index (χ2n) is 6.15. The van der Waals surface area contributed by atoms with Gasteiger partial charge in [-0.05, 0) is 42.8 Å². The first kappa shape index (κ1) is 16.7. The number of carbonyl (C=O) groups excluding carboxylic acids is 2. The Kier molecular flexibility index (Phi) is 5.05. The number of hydrogen-bond acceptors (Lipinski definition) is 4. The Bertz CT molecular complexity index is 563. The molecule has 0 spiro atoms. The van der Waals surface area contributed by atoms with Crippen LogP contribution in [0.2, 0.25) is 0 Å². The van der Waals surface area contributed by atoms with Crippen LogP contribution in [0.1, 0.15) is 31.1 Å². The van der Waals surface area contributed by atoms with E-state index in [9.17, 15) is 9.59 Å². The lowest BCUT2D eigenvalue weighted by Gasteiger charge is -2.35. The maximum absolute atomic E-state index is 12.4. The molecule has 22 heavy (non-hydrogen) atoms. The standard InChI is InChI=1S/C15H20BrN3O3/c1-15(2,3)22-14(21)19-6-4-18(5-7-19)13(20)11-8-12(16)10-17-9-11/h8-10H,4-7H2,1-3H3. The number of aromatic nitrogens is 1. The Balaban J connectivity index is 1.92. The van der Waals surface area contributed by atoms with Gasteiger partial charge in [-0.25, -0.2) is 4.79 Å². The number of pyridine rings is 1. The van der Waals surface area contributed by atoms with Crippen LogP contribution < -0.4 is 0 Å². The molecule has 0 radical (unpaired) electrons. The molecule has 7 heteroatoms. The van der Waals surface area contributed by atoms with Gasteiger partial charge >= 0.3 is 6.09 Å². The molecular weight excluding hydrogens is 350 g/mol. The number of ether oxygens (including phenoxy) is 1. The summed E-state index contributed by atoms with van der Waals surface area (Å²) < 4.78 is 6.11. The van der Waals surface area contributed by atoms with Crippen LogP contribution in [-0.4, -0.2) is 58.6 Å². The molecule has 2 amide bonds. The molecule has 6 nitrogen and oxygen atoms in total. The van der Waals surface area contributed by atoms with Crippen molar-refractivity contribution in [3.05, 3.63) is 28.5 Å². The predicted octanol–water partition coefficient (Wildman–Crippen LogP) is 2.54. The van der Waals surface area contributed by atoms with Crippen LogP contribution in [0.5, 0.6) is 0 Å². The summed E-state index contributed by atoms with van der Waals surface area (Å²) in [4.78, 5) is 31.7. The van der Waals surface area contributed by atoms with Crippen LogP contribution in [-0.2, 0) is 4.74 Å². The third kappa shape index (κ3) is 4.43. The highest BCUT2D eigenvalue weighted by Gasteiger charge is 2.28. The summed E-state index contributed by atoms with van der Waals surface area (Å²) in [5, 5.41) is 0. The summed E-state index contributed by atoms with van der Waals surface area (Å²) in [6, 6.07) is 1.75.